The lowest BCUT2D eigenvalue weighted by atomic mass is 10.1. The minimum atomic E-state index is -3.68. The molecule has 0 aliphatic rings. The van der Waals surface area contributed by atoms with Crippen LogP contribution in [0.25, 0.3) is 11.3 Å². The molecule has 0 aliphatic heterocycles. The van der Waals surface area contributed by atoms with Crippen molar-refractivity contribution < 1.29 is 12.8 Å². The zero-order valence-electron chi connectivity index (χ0n) is 11.7. The van der Waals surface area contributed by atoms with Crippen LogP contribution in [0.1, 0.15) is 12.5 Å². The number of nitrogens with zero attached hydrogens (tertiary/aromatic N) is 2. The highest BCUT2D eigenvalue weighted by molar-refractivity contribution is 7.92. The molecule has 120 valence electrons. The minimum absolute atomic E-state index is 0.121. The number of sulfonamides is 1. The van der Waals surface area contributed by atoms with Crippen LogP contribution < -0.4 is 10.3 Å². The van der Waals surface area contributed by atoms with E-state index >= 15 is 0 Å². The smallest absolute Gasteiger partial charge is 0.270 e. The molecule has 0 atom stereocenters. The van der Waals surface area contributed by atoms with E-state index in [1.807, 2.05) is 0 Å². The van der Waals surface area contributed by atoms with Crippen LogP contribution in [0.4, 0.5) is 10.1 Å². The van der Waals surface area contributed by atoms with Gasteiger partial charge in [-0.3, -0.25) is 9.52 Å². The van der Waals surface area contributed by atoms with Crippen molar-refractivity contribution in [2.24, 2.45) is 0 Å². The molecule has 2 N–H and O–H groups in total. The van der Waals surface area contributed by atoms with Crippen molar-refractivity contribution in [2.75, 3.05) is 10.5 Å². The van der Waals surface area contributed by atoms with E-state index in [2.05, 4.69) is 14.7 Å². The molecule has 10 heteroatoms. The number of nitriles is 1. The fourth-order valence-electron chi connectivity index (χ4n) is 1.74. The molecule has 23 heavy (non-hydrogen) atoms. The van der Waals surface area contributed by atoms with Gasteiger partial charge >= 0.3 is 0 Å². The van der Waals surface area contributed by atoms with Gasteiger partial charge in [-0.05, 0) is 19.1 Å². The van der Waals surface area contributed by atoms with E-state index in [4.69, 9.17) is 16.9 Å². The van der Waals surface area contributed by atoms with Crippen LogP contribution >= 0.6 is 11.6 Å². The molecule has 0 saturated carbocycles. The van der Waals surface area contributed by atoms with Gasteiger partial charge < -0.3 is 4.98 Å². The number of aromatic amines is 1. The van der Waals surface area contributed by atoms with E-state index in [0.717, 1.165) is 18.5 Å². The summed E-state index contributed by atoms with van der Waals surface area (Å²) in [5.41, 5.74) is -1.35. The topological polar surface area (TPSA) is 116 Å². The van der Waals surface area contributed by atoms with Crippen molar-refractivity contribution in [1.29, 1.82) is 5.26 Å². The zero-order valence-corrected chi connectivity index (χ0v) is 13.3. The number of nitrogens with one attached hydrogen (secondary N) is 2. The largest absolute Gasteiger partial charge is 0.312 e. The summed E-state index contributed by atoms with van der Waals surface area (Å²) in [6.07, 6.45) is 1.04. The van der Waals surface area contributed by atoms with Gasteiger partial charge in [-0.15, -0.1) is 0 Å². The molecule has 0 bridgehead atoms. The summed E-state index contributed by atoms with van der Waals surface area (Å²) < 4.78 is 39.7. The molecule has 0 radical (unpaired) electrons. The second-order valence-corrected chi connectivity index (χ2v) is 6.78. The first-order valence-corrected chi connectivity index (χ1v) is 8.29. The summed E-state index contributed by atoms with van der Waals surface area (Å²) in [5, 5.41) is 8.68. The van der Waals surface area contributed by atoms with Crippen LogP contribution in [0.5, 0.6) is 0 Å². The maximum absolute atomic E-state index is 14.2. The van der Waals surface area contributed by atoms with Gasteiger partial charge in [-0.2, -0.15) is 5.26 Å². The van der Waals surface area contributed by atoms with Crippen LogP contribution in [-0.4, -0.2) is 24.1 Å². The first-order chi connectivity index (χ1) is 10.8. The highest BCUT2D eigenvalue weighted by atomic mass is 35.5. The molecular weight excluding hydrogens is 347 g/mol. The normalized spacial score (nSPS) is 11.0. The van der Waals surface area contributed by atoms with Crippen molar-refractivity contribution in [3.8, 4) is 17.3 Å². The van der Waals surface area contributed by atoms with E-state index in [-0.39, 0.29) is 33.3 Å². The Morgan fingerprint density at radius 2 is 2.17 bits per heavy atom. The number of halogens is 2. The number of benzene rings is 1. The van der Waals surface area contributed by atoms with E-state index in [0.29, 0.717) is 0 Å². The van der Waals surface area contributed by atoms with Crippen molar-refractivity contribution in [3.63, 3.8) is 0 Å². The third kappa shape index (κ3) is 3.49. The lowest BCUT2D eigenvalue weighted by molar-refractivity contribution is 0.602. The molecule has 2 aromatic rings. The van der Waals surface area contributed by atoms with Gasteiger partial charge in [0.1, 0.15) is 16.9 Å². The maximum Gasteiger partial charge on any atom is 0.270 e. The third-order valence-electron chi connectivity index (χ3n) is 2.92. The predicted octanol–water partition coefficient (Wildman–Crippen LogP) is 1.86. The quantitative estimate of drug-likeness (QED) is 0.867. The maximum atomic E-state index is 14.2. The highest BCUT2D eigenvalue weighted by Crippen LogP contribution is 2.30. The summed E-state index contributed by atoms with van der Waals surface area (Å²) >= 11 is 5.81. The molecule has 0 fully saturated rings. The molecule has 1 aromatic carbocycles. The summed E-state index contributed by atoms with van der Waals surface area (Å²) in [6, 6.07) is 3.63. The van der Waals surface area contributed by atoms with Gasteiger partial charge in [0.25, 0.3) is 5.56 Å². The van der Waals surface area contributed by atoms with Gasteiger partial charge in [0.15, 0.2) is 0 Å². The van der Waals surface area contributed by atoms with E-state index in [1.54, 1.807) is 6.07 Å². The van der Waals surface area contributed by atoms with E-state index in [9.17, 15) is 17.6 Å². The molecule has 0 unspecified atom stereocenters. The second-order valence-electron chi connectivity index (χ2n) is 4.39. The molecular formula is C13H10ClFN4O3S. The molecule has 0 saturated heterocycles. The monoisotopic (exact) mass is 356 g/mol. The van der Waals surface area contributed by atoms with Crippen molar-refractivity contribution in [2.45, 2.75) is 6.92 Å². The first-order valence-electron chi connectivity index (χ1n) is 6.26. The van der Waals surface area contributed by atoms with Crippen LogP contribution in [-0.2, 0) is 10.0 Å². The number of aromatic nitrogens is 2. The Hall–Kier alpha value is -2.44. The van der Waals surface area contributed by atoms with Gasteiger partial charge in [-0.25, -0.2) is 17.8 Å². The number of H-pyrrole nitrogens is 1. The number of hydrogen-bond acceptors (Lipinski definition) is 5. The number of anilines is 1. The average molecular weight is 357 g/mol. The fraction of sp³-hybridized carbons (Fsp3) is 0.154. The SMILES string of the molecule is CCS(=O)(=O)Nc1cc(-c2nc[nH]c(=O)c2Cl)c(F)cc1C#N. The predicted molar refractivity (Wildman–Crippen MR) is 83.1 cm³/mol. The van der Waals surface area contributed by atoms with E-state index in [1.165, 1.54) is 6.92 Å². The lowest BCUT2D eigenvalue weighted by Crippen LogP contribution is -2.16. The Balaban J connectivity index is 2.70. The highest BCUT2D eigenvalue weighted by Gasteiger charge is 2.18. The summed E-state index contributed by atoms with van der Waals surface area (Å²) in [7, 11) is -3.68. The molecule has 0 spiro atoms. The minimum Gasteiger partial charge on any atom is -0.312 e. The molecule has 7 nitrogen and oxygen atoms in total. The van der Waals surface area contributed by atoms with Crippen LogP contribution in [0, 0.1) is 17.1 Å². The Morgan fingerprint density at radius 1 is 1.48 bits per heavy atom. The summed E-state index contributed by atoms with van der Waals surface area (Å²) in [6.45, 7) is 1.41. The van der Waals surface area contributed by atoms with Gasteiger partial charge in [0, 0.05) is 5.56 Å². The summed E-state index contributed by atoms with van der Waals surface area (Å²) in [4.78, 5) is 17.5. The Morgan fingerprint density at radius 3 is 2.78 bits per heavy atom. The average Bonchev–Trinajstić information content (AvgIpc) is 2.51. The fourth-order valence-corrected chi connectivity index (χ4v) is 2.60. The van der Waals surface area contributed by atoms with Crippen LogP contribution in [0.3, 0.4) is 0 Å². The van der Waals surface area contributed by atoms with Crippen LogP contribution in [0.15, 0.2) is 23.3 Å². The van der Waals surface area contributed by atoms with Gasteiger partial charge in [0.2, 0.25) is 10.0 Å². The zero-order chi connectivity index (χ0) is 17.2. The molecule has 2 rings (SSSR count). The molecule has 0 aliphatic carbocycles. The molecule has 1 heterocycles. The van der Waals surface area contributed by atoms with Gasteiger partial charge in [0.05, 0.1) is 29.0 Å². The van der Waals surface area contributed by atoms with Crippen molar-refractivity contribution >= 4 is 27.3 Å². The molecule has 1 aromatic heterocycles. The van der Waals surface area contributed by atoms with Gasteiger partial charge in [-0.1, -0.05) is 11.6 Å². The van der Waals surface area contributed by atoms with E-state index < -0.39 is 21.4 Å². The second kappa shape index (κ2) is 6.36. The van der Waals surface area contributed by atoms with Crippen molar-refractivity contribution in [3.05, 3.63) is 45.2 Å². The number of rotatable bonds is 4. The Labute approximate surface area is 135 Å². The Kier molecular flexibility index (Phi) is 4.68. The first kappa shape index (κ1) is 16.9. The van der Waals surface area contributed by atoms with Crippen LogP contribution in [0.2, 0.25) is 5.02 Å². The third-order valence-corrected chi connectivity index (χ3v) is 4.57. The standard InChI is InChI=1S/C13H10ClFN4O3S/c1-2-23(21,22)19-10-4-8(9(15)3-7(10)5-16)12-11(14)13(20)18-6-17-12/h3-4,6,19H,2H2,1H3,(H,17,18,20). The van der Waals surface area contributed by atoms with Crippen molar-refractivity contribution in [1.82, 2.24) is 9.97 Å². The molecule has 0 amide bonds. The lowest BCUT2D eigenvalue weighted by Gasteiger charge is -2.11. The Bertz CT molecular complexity index is 966. The summed E-state index contributed by atoms with van der Waals surface area (Å²) in [5.74, 6) is -1.09. The number of hydrogen-bond donors (Lipinski definition) is 2.